The molecule has 3 N–H and O–H groups in total. The van der Waals surface area contributed by atoms with E-state index in [1.54, 1.807) is 0 Å². The number of rotatable bonds is 1. The molecule has 0 aliphatic carbocycles. The van der Waals surface area contributed by atoms with Crippen molar-refractivity contribution in [2.24, 2.45) is 5.73 Å². The minimum Gasteiger partial charge on any atom is -0.477 e. The van der Waals surface area contributed by atoms with Gasteiger partial charge >= 0.3 is 5.97 Å². The van der Waals surface area contributed by atoms with Gasteiger partial charge in [-0.2, -0.15) is 0 Å². The molecule has 0 aromatic rings. The molecule has 0 bridgehead atoms. The third kappa shape index (κ3) is 1.06. The Hall–Kier alpha value is -1.01. The van der Waals surface area contributed by atoms with Gasteiger partial charge in [0.15, 0.2) is 0 Å². The summed E-state index contributed by atoms with van der Waals surface area (Å²) in [6.07, 6.45) is 1.54. The fraction of sp³-hybridized carbons (Fsp3) is 0.429. The lowest BCUT2D eigenvalue weighted by atomic mass is 10.1. The lowest BCUT2D eigenvalue weighted by Crippen LogP contribution is -2.68. The zero-order valence-corrected chi connectivity index (χ0v) is 7.45. The molecule has 2 aliphatic heterocycles. The highest BCUT2D eigenvalue weighted by atomic mass is 32.2. The highest BCUT2D eigenvalue weighted by molar-refractivity contribution is 8.00. The molecular weight excluding hydrogens is 192 g/mol. The van der Waals surface area contributed by atoms with E-state index in [0.717, 1.165) is 0 Å². The molecule has 13 heavy (non-hydrogen) atoms. The van der Waals surface area contributed by atoms with Crippen molar-refractivity contribution < 1.29 is 14.7 Å². The first-order valence-corrected chi connectivity index (χ1v) is 4.81. The smallest absolute Gasteiger partial charge is 0.352 e. The van der Waals surface area contributed by atoms with Gasteiger partial charge in [0, 0.05) is 5.75 Å². The Kier molecular flexibility index (Phi) is 1.81. The lowest BCUT2D eigenvalue weighted by molar-refractivity contribution is -0.147. The van der Waals surface area contributed by atoms with Crippen LogP contribution < -0.4 is 5.73 Å². The lowest BCUT2D eigenvalue weighted by Gasteiger charge is -2.46. The fourth-order valence-electron chi connectivity index (χ4n) is 1.43. The second-order valence-corrected chi connectivity index (χ2v) is 4.00. The van der Waals surface area contributed by atoms with Crippen LogP contribution in [0.3, 0.4) is 0 Å². The summed E-state index contributed by atoms with van der Waals surface area (Å²) in [4.78, 5) is 23.1. The molecule has 2 unspecified atom stereocenters. The highest BCUT2D eigenvalue weighted by Gasteiger charge is 2.49. The van der Waals surface area contributed by atoms with Crippen molar-refractivity contribution in [3.8, 4) is 0 Å². The molecule has 1 saturated heterocycles. The number of nitrogens with zero attached hydrogens (tertiary/aromatic N) is 1. The monoisotopic (exact) mass is 200 g/mol. The number of hydrogen-bond acceptors (Lipinski definition) is 4. The van der Waals surface area contributed by atoms with Gasteiger partial charge in [0.05, 0.1) is 0 Å². The summed E-state index contributed by atoms with van der Waals surface area (Å²) in [5.74, 6) is -0.763. The van der Waals surface area contributed by atoms with Crippen molar-refractivity contribution in [3.63, 3.8) is 0 Å². The molecule has 70 valence electrons. The van der Waals surface area contributed by atoms with Crippen LogP contribution in [0.4, 0.5) is 0 Å². The van der Waals surface area contributed by atoms with Gasteiger partial charge in [0.25, 0.3) is 0 Å². The largest absolute Gasteiger partial charge is 0.477 e. The number of hydrogen-bond donors (Lipinski definition) is 2. The van der Waals surface area contributed by atoms with E-state index in [4.69, 9.17) is 10.8 Å². The molecule has 1 fully saturated rings. The van der Waals surface area contributed by atoms with Crippen LogP contribution in [0.5, 0.6) is 0 Å². The molecule has 1 amide bonds. The van der Waals surface area contributed by atoms with Gasteiger partial charge in [-0.05, 0) is 6.08 Å². The van der Waals surface area contributed by atoms with Crippen LogP contribution in [0.2, 0.25) is 0 Å². The molecule has 0 aromatic heterocycles. The van der Waals surface area contributed by atoms with Crippen molar-refractivity contribution in [1.82, 2.24) is 4.90 Å². The molecule has 2 rings (SSSR count). The topological polar surface area (TPSA) is 83.6 Å². The number of carbonyl (C=O) groups is 2. The number of fused-ring (bicyclic) bond motifs is 1. The maximum absolute atomic E-state index is 11.2. The van der Waals surface area contributed by atoms with E-state index in [-0.39, 0.29) is 17.0 Å². The summed E-state index contributed by atoms with van der Waals surface area (Å²) in [5, 5.41) is 8.57. The van der Waals surface area contributed by atoms with Crippen LogP contribution in [0.15, 0.2) is 11.8 Å². The van der Waals surface area contributed by atoms with Crippen molar-refractivity contribution in [2.45, 2.75) is 11.4 Å². The predicted octanol–water partition coefficient (Wildman–Crippen LogP) is -0.803. The van der Waals surface area contributed by atoms with E-state index in [1.807, 2.05) is 0 Å². The Labute approximate surface area is 78.6 Å². The summed E-state index contributed by atoms with van der Waals surface area (Å²) < 4.78 is 0. The fourth-order valence-corrected chi connectivity index (χ4v) is 2.58. The molecule has 2 heterocycles. The average molecular weight is 200 g/mol. The normalized spacial score (nSPS) is 31.9. The van der Waals surface area contributed by atoms with Gasteiger partial charge in [-0.25, -0.2) is 4.79 Å². The highest BCUT2D eigenvalue weighted by Crippen LogP contribution is 2.36. The quantitative estimate of drug-likeness (QED) is 0.541. The molecule has 0 spiro atoms. The van der Waals surface area contributed by atoms with E-state index in [0.29, 0.717) is 5.75 Å². The Balaban J connectivity index is 2.27. The number of carbonyl (C=O) groups excluding carboxylic acids is 1. The number of aliphatic carboxylic acids is 1. The summed E-state index contributed by atoms with van der Waals surface area (Å²) in [7, 11) is 0. The zero-order valence-electron chi connectivity index (χ0n) is 6.64. The van der Waals surface area contributed by atoms with Crippen LogP contribution in [0, 0.1) is 0 Å². The average Bonchev–Trinajstić information content (AvgIpc) is 2.15. The summed E-state index contributed by atoms with van der Waals surface area (Å²) in [6.45, 7) is 0. The van der Waals surface area contributed by atoms with Gasteiger partial charge in [0.1, 0.15) is 17.1 Å². The second kappa shape index (κ2) is 2.74. The predicted molar refractivity (Wildman–Crippen MR) is 46.8 cm³/mol. The van der Waals surface area contributed by atoms with E-state index >= 15 is 0 Å². The number of nitrogens with two attached hydrogens (primary N) is 1. The molecule has 0 aromatic carbocycles. The first kappa shape index (κ1) is 8.58. The van der Waals surface area contributed by atoms with Gasteiger partial charge in [-0.1, -0.05) is 0 Å². The number of amides is 1. The molecular formula is C7H8N2O3S. The zero-order chi connectivity index (χ0) is 9.59. The van der Waals surface area contributed by atoms with Gasteiger partial charge in [0.2, 0.25) is 5.91 Å². The molecule has 6 heteroatoms. The van der Waals surface area contributed by atoms with Crippen LogP contribution in [-0.4, -0.2) is 39.1 Å². The Bertz CT molecular complexity index is 315. The SMILES string of the molecule is NC1C(=O)N2C(C(=O)O)=CCSC12. The summed E-state index contributed by atoms with van der Waals surface area (Å²) in [6, 6.07) is -0.534. The molecule has 0 radical (unpaired) electrons. The van der Waals surface area contributed by atoms with Gasteiger partial charge in [-0.15, -0.1) is 11.8 Å². The van der Waals surface area contributed by atoms with Crippen molar-refractivity contribution in [2.75, 3.05) is 5.75 Å². The number of thioether (sulfide) groups is 1. The number of carboxylic acids is 1. The Morgan fingerprint density at radius 2 is 2.46 bits per heavy atom. The minimum absolute atomic E-state index is 0.0652. The minimum atomic E-state index is -1.06. The third-order valence-electron chi connectivity index (χ3n) is 2.11. The Morgan fingerprint density at radius 1 is 1.77 bits per heavy atom. The second-order valence-electron chi connectivity index (χ2n) is 2.85. The van der Waals surface area contributed by atoms with Crippen LogP contribution in [0.1, 0.15) is 0 Å². The first-order chi connectivity index (χ1) is 6.13. The standard InChI is InChI=1S/C7H8N2O3S/c8-4-5(10)9-3(7(11)12)1-2-13-6(4)9/h1,4,6H,2,8H2,(H,11,12). The van der Waals surface area contributed by atoms with Gasteiger partial charge < -0.3 is 10.8 Å². The summed E-state index contributed by atoms with van der Waals surface area (Å²) >= 11 is 1.49. The van der Waals surface area contributed by atoms with Crippen LogP contribution >= 0.6 is 11.8 Å². The van der Waals surface area contributed by atoms with Crippen molar-refractivity contribution in [1.29, 1.82) is 0 Å². The molecule has 2 aliphatic rings. The van der Waals surface area contributed by atoms with E-state index in [2.05, 4.69) is 0 Å². The Morgan fingerprint density at radius 3 is 3.08 bits per heavy atom. The maximum Gasteiger partial charge on any atom is 0.352 e. The molecule has 0 saturated carbocycles. The maximum atomic E-state index is 11.2. The first-order valence-electron chi connectivity index (χ1n) is 3.76. The van der Waals surface area contributed by atoms with Crippen molar-refractivity contribution in [3.05, 3.63) is 11.8 Å². The number of β-lactam (4-membered cyclic amide) rings is 1. The molecule has 5 nitrogen and oxygen atoms in total. The summed E-state index contributed by atoms with van der Waals surface area (Å²) in [5.41, 5.74) is 5.57. The van der Waals surface area contributed by atoms with Gasteiger partial charge in [-0.3, -0.25) is 9.69 Å². The van der Waals surface area contributed by atoms with Crippen LogP contribution in [-0.2, 0) is 9.59 Å². The third-order valence-corrected chi connectivity index (χ3v) is 3.31. The van der Waals surface area contributed by atoms with Crippen molar-refractivity contribution >= 4 is 23.6 Å². The molecule has 2 atom stereocenters. The van der Waals surface area contributed by atoms with E-state index in [9.17, 15) is 9.59 Å². The van der Waals surface area contributed by atoms with E-state index < -0.39 is 12.0 Å². The van der Waals surface area contributed by atoms with Crippen LogP contribution in [0.25, 0.3) is 0 Å². The van der Waals surface area contributed by atoms with E-state index in [1.165, 1.54) is 22.7 Å². The number of carboxylic acid groups (broad SMARTS) is 1.